The third kappa shape index (κ3) is 5.12. The number of benzene rings is 1. The highest BCUT2D eigenvalue weighted by molar-refractivity contribution is 5.88. The lowest BCUT2D eigenvalue weighted by atomic mass is 10.1. The lowest BCUT2D eigenvalue weighted by Crippen LogP contribution is -2.21. The number of halogens is 7. The predicted molar refractivity (Wildman–Crippen MR) is 54.7 cm³/mol. The van der Waals surface area contributed by atoms with Gasteiger partial charge in [0.25, 0.3) is 0 Å². The van der Waals surface area contributed by atoms with E-state index < -0.39 is 54.0 Å². The topological polar surface area (TPSA) is 46.5 Å². The van der Waals surface area contributed by atoms with Crippen molar-refractivity contribution in [3.8, 4) is 5.75 Å². The van der Waals surface area contributed by atoms with Crippen LogP contribution in [-0.4, -0.2) is 30.0 Å². The molecule has 0 fully saturated rings. The van der Waals surface area contributed by atoms with Crippen molar-refractivity contribution in [3.63, 3.8) is 0 Å². The first-order chi connectivity index (χ1) is 9.41. The predicted octanol–water partition coefficient (Wildman–Crippen LogP) is 3.57. The zero-order valence-electron chi connectivity index (χ0n) is 9.98. The Labute approximate surface area is 112 Å². The number of carboxylic acid groups (broad SMARTS) is 1. The molecule has 0 unspecified atom stereocenters. The van der Waals surface area contributed by atoms with Crippen molar-refractivity contribution in [2.45, 2.75) is 18.8 Å². The van der Waals surface area contributed by atoms with E-state index in [-0.39, 0.29) is 0 Å². The largest absolute Gasteiger partial charge is 0.484 e. The highest BCUT2D eigenvalue weighted by Crippen LogP contribution is 2.32. The lowest BCUT2D eigenvalue weighted by molar-refractivity contribution is -0.154. The van der Waals surface area contributed by atoms with E-state index in [1.165, 1.54) is 0 Å². The summed E-state index contributed by atoms with van der Waals surface area (Å²) >= 11 is 0. The molecule has 0 aliphatic heterocycles. The monoisotopic (exact) mass is 320 g/mol. The van der Waals surface area contributed by atoms with E-state index >= 15 is 0 Å². The van der Waals surface area contributed by atoms with Crippen LogP contribution in [0, 0.1) is 5.82 Å². The van der Waals surface area contributed by atoms with E-state index in [1.54, 1.807) is 0 Å². The standard InChI is InChI=1S/C11H7F7O3/c12-8-5(9(19)20)1-2-7(21-4-11(16,17)18)6(8)3-10(13,14)15/h1-2H,3-4H2,(H,19,20). The van der Waals surface area contributed by atoms with Crippen LogP contribution in [0.1, 0.15) is 15.9 Å². The quantitative estimate of drug-likeness (QED) is 0.863. The summed E-state index contributed by atoms with van der Waals surface area (Å²) in [4.78, 5) is 10.6. The first-order valence-corrected chi connectivity index (χ1v) is 5.21. The van der Waals surface area contributed by atoms with Crippen LogP contribution in [0.15, 0.2) is 12.1 Å². The van der Waals surface area contributed by atoms with Crippen molar-refractivity contribution < 1.29 is 45.4 Å². The first-order valence-electron chi connectivity index (χ1n) is 5.21. The molecule has 0 heterocycles. The molecule has 0 saturated heterocycles. The molecule has 3 nitrogen and oxygen atoms in total. The third-order valence-electron chi connectivity index (χ3n) is 2.20. The molecule has 0 aliphatic carbocycles. The molecule has 0 amide bonds. The van der Waals surface area contributed by atoms with Gasteiger partial charge in [0.2, 0.25) is 0 Å². The highest BCUT2D eigenvalue weighted by atomic mass is 19.4. The maximum Gasteiger partial charge on any atom is 0.422 e. The maximum atomic E-state index is 13.7. The summed E-state index contributed by atoms with van der Waals surface area (Å²) < 4.78 is 90.7. The molecule has 0 atom stereocenters. The number of carbonyl (C=O) groups is 1. The Bertz CT molecular complexity index is 534. The molecular formula is C11H7F7O3. The molecule has 1 rings (SSSR count). The second-order valence-corrected chi connectivity index (χ2v) is 3.90. The lowest BCUT2D eigenvalue weighted by Gasteiger charge is -2.16. The van der Waals surface area contributed by atoms with Crippen LogP contribution < -0.4 is 4.74 Å². The van der Waals surface area contributed by atoms with Gasteiger partial charge in [-0.3, -0.25) is 0 Å². The average Bonchev–Trinajstić information content (AvgIpc) is 2.26. The van der Waals surface area contributed by atoms with Gasteiger partial charge in [-0.2, -0.15) is 26.3 Å². The number of rotatable bonds is 4. The summed E-state index contributed by atoms with van der Waals surface area (Å²) in [5, 5.41) is 8.60. The van der Waals surface area contributed by atoms with Gasteiger partial charge in [0.1, 0.15) is 11.6 Å². The van der Waals surface area contributed by atoms with Gasteiger partial charge in [-0.1, -0.05) is 0 Å². The van der Waals surface area contributed by atoms with Gasteiger partial charge in [0.15, 0.2) is 6.61 Å². The van der Waals surface area contributed by atoms with E-state index in [4.69, 9.17) is 5.11 Å². The Morgan fingerprint density at radius 1 is 1.10 bits per heavy atom. The van der Waals surface area contributed by atoms with Gasteiger partial charge in [0, 0.05) is 5.56 Å². The summed E-state index contributed by atoms with van der Waals surface area (Å²) in [6.07, 6.45) is -11.7. The van der Waals surface area contributed by atoms with Gasteiger partial charge in [-0.15, -0.1) is 0 Å². The fourth-order valence-electron chi connectivity index (χ4n) is 1.43. The normalized spacial score (nSPS) is 12.3. The number of alkyl halides is 6. The molecule has 0 aromatic heterocycles. The second kappa shape index (κ2) is 5.78. The van der Waals surface area contributed by atoms with Crippen molar-refractivity contribution in [3.05, 3.63) is 29.1 Å². The molecule has 118 valence electrons. The van der Waals surface area contributed by atoms with Crippen LogP contribution in [0.5, 0.6) is 5.75 Å². The number of ether oxygens (including phenoxy) is 1. The van der Waals surface area contributed by atoms with E-state index in [0.717, 1.165) is 0 Å². The molecule has 1 aromatic carbocycles. The molecule has 1 aromatic rings. The molecule has 0 radical (unpaired) electrons. The number of aromatic carboxylic acids is 1. The molecular weight excluding hydrogens is 313 g/mol. The molecule has 1 N–H and O–H groups in total. The van der Waals surface area contributed by atoms with Gasteiger partial charge >= 0.3 is 18.3 Å². The fourth-order valence-corrected chi connectivity index (χ4v) is 1.43. The highest BCUT2D eigenvalue weighted by Gasteiger charge is 2.34. The average molecular weight is 320 g/mol. The van der Waals surface area contributed by atoms with Crippen LogP contribution in [0.4, 0.5) is 30.7 Å². The number of carboxylic acids is 1. The van der Waals surface area contributed by atoms with Gasteiger partial charge in [0.05, 0.1) is 12.0 Å². The van der Waals surface area contributed by atoms with E-state index in [0.29, 0.717) is 12.1 Å². The van der Waals surface area contributed by atoms with E-state index in [9.17, 15) is 35.5 Å². The zero-order valence-corrected chi connectivity index (χ0v) is 9.98. The summed E-state index contributed by atoms with van der Waals surface area (Å²) in [5.41, 5.74) is -2.37. The Kier molecular flexibility index (Phi) is 4.69. The summed E-state index contributed by atoms with van der Waals surface area (Å²) in [6, 6.07) is 1.09. The van der Waals surface area contributed by atoms with Gasteiger partial charge < -0.3 is 9.84 Å². The minimum atomic E-state index is -4.95. The van der Waals surface area contributed by atoms with Crippen molar-refractivity contribution >= 4 is 5.97 Å². The molecule has 0 saturated carbocycles. The van der Waals surface area contributed by atoms with Crippen LogP contribution in [0.25, 0.3) is 0 Å². The van der Waals surface area contributed by atoms with Crippen molar-refractivity contribution in [1.29, 1.82) is 0 Å². The van der Waals surface area contributed by atoms with Crippen LogP contribution in [0.3, 0.4) is 0 Å². The van der Waals surface area contributed by atoms with E-state index in [2.05, 4.69) is 4.74 Å². The molecule has 0 aliphatic rings. The Hall–Kier alpha value is -2.00. The van der Waals surface area contributed by atoms with Crippen molar-refractivity contribution in [1.82, 2.24) is 0 Å². The first kappa shape index (κ1) is 17.1. The summed E-state index contributed by atoms with van der Waals surface area (Å²) in [7, 11) is 0. The van der Waals surface area contributed by atoms with Gasteiger partial charge in [-0.05, 0) is 12.1 Å². The molecule has 10 heteroatoms. The van der Waals surface area contributed by atoms with Gasteiger partial charge in [-0.25, -0.2) is 9.18 Å². The summed E-state index contributed by atoms with van der Waals surface area (Å²) in [5.74, 6) is -4.63. The number of hydrogen-bond donors (Lipinski definition) is 1. The molecule has 0 spiro atoms. The van der Waals surface area contributed by atoms with Crippen molar-refractivity contribution in [2.24, 2.45) is 0 Å². The maximum absolute atomic E-state index is 13.7. The number of hydrogen-bond acceptors (Lipinski definition) is 2. The van der Waals surface area contributed by atoms with Crippen LogP contribution in [-0.2, 0) is 6.42 Å². The molecule has 21 heavy (non-hydrogen) atoms. The summed E-state index contributed by atoms with van der Waals surface area (Å²) in [6.45, 7) is -1.93. The Morgan fingerprint density at radius 2 is 1.67 bits per heavy atom. The smallest absolute Gasteiger partial charge is 0.422 e. The van der Waals surface area contributed by atoms with Crippen LogP contribution >= 0.6 is 0 Å². The SMILES string of the molecule is O=C(O)c1ccc(OCC(F)(F)F)c(CC(F)(F)F)c1F. The Morgan fingerprint density at radius 3 is 2.10 bits per heavy atom. The van der Waals surface area contributed by atoms with E-state index in [1.807, 2.05) is 0 Å². The minimum Gasteiger partial charge on any atom is -0.484 e. The second-order valence-electron chi connectivity index (χ2n) is 3.90. The zero-order chi connectivity index (χ0) is 16.4. The Balaban J connectivity index is 3.23. The third-order valence-corrected chi connectivity index (χ3v) is 2.20. The van der Waals surface area contributed by atoms with Crippen molar-refractivity contribution in [2.75, 3.05) is 6.61 Å². The minimum absolute atomic E-state index is 0.531. The van der Waals surface area contributed by atoms with Crippen LogP contribution in [0.2, 0.25) is 0 Å². The molecule has 0 bridgehead atoms. The fraction of sp³-hybridized carbons (Fsp3) is 0.364.